The molecule has 3 radical (unpaired) electrons. The van der Waals surface area contributed by atoms with E-state index in [0.29, 0.717) is 5.56 Å². The van der Waals surface area contributed by atoms with Crippen LogP contribution in [0.4, 0.5) is 0 Å². The monoisotopic (exact) mass is 241 g/mol. The molecule has 0 heterocycles. The summed E-state index contributed by atoms with van der Waals surface area (Å²) in [6.07, 6.45) is 0. The molecule has 10 heavy (non-hydrogen) atoms. The molecule has 0 aliphatic heterocycles. The summed E-state index contributed by atoms with van der Waals surface area (Å²) in [5.41, 5.74) is 0.353. The third kappa shape index (κ3) is 1.73. The first-order valence-electron chi connectivity index (χ1n) is 2.75. The summed E-state index contributed by atoms with van der Waals surface area (Å²) in [6.45, 7) is 0. The van der Waals surface area contributed by atoms with Gasteiger partial charge in [-0.3, -0.25) is 0 Å². The Hall–Kier alpha value is -0.511. The van der Waals surface area contributed by atoms with E-state index in [-0.39, 0.29) is 0 Å². The Balaban J connectivity index is 3.00. The number of rotatable bonds is 1. The van der Waals surface area contributed by atoms with Gasteiger partial charge in [0.2, 0.25) is 0 Å². The van der Waals surface area contributed by atoms with Crippen LogP contribution < -0.4 is 3.58 Å². The van der Waals surface area contributed by atoms with Crippen LogP contribution >= 0.6 is 0 Å². The molecule has 0 aromatic heterocycles. The zero-order chi connectivity index (χ0) is 7.56. The predicted octanol–water partition coefficient (Wildman–Crippen LogP) is 0.179. The van der Waals surface area contributed by atoms with Crippen molar-refractivity contribution >= 4 is 32.1 Å². The molecule has 1 aromatic carbocycles. The molecule has 0 aliphatic rings. The minimum absolute atomic E-state index is 0.353. The van der Waals surface area contributed by atoms with Crippen molar-refractivity contribution in [3.05, 3.63) is 29.8 Å². The van der Waals surface area contributed by atoms with Gasteiger partial charge in [0.05, 0.1) is 0 Å². The maximum atomic E-state index is 10.3. The molecule has 1 aromatic rings. The SMILES string of the molecule is O=C(O)c1cc[c]([Sn])cc1. The molecule has 0 saturated carbocycles. The molecule has 0 aliphatic carbocycles. The van der Waals surface area contributed by atoms with Gasteiger partial charge in [-0.05, 0) is 0 Å². The Morgan fingerprint density at radius 2 is 1.80 bits per heavy atom. The third-order valence-corrected chi connectivity index (χ3v) is 2.08. The van der Waals surface area contributed by atoms with Crippen LogP contribution in [0, 0.1) is 0 Å². The van der Waals surface area contributed by atoms with Gasteiger partial charge in [0.1, 0.15) is 0 Å². The molecule has 0 atom stereocenters. The Morgan fingerprint density at radius 1 is 1.30 bits per heavy atom. The molecular weight excluding hydrogens is 235 g/mol. The van der Waals surface area contributed by atoms with Crippen LogP contribution in [0.5, 0.6) is 0 Å². The Kier molecular flexibility index (Phi) is 2.32. The van der Waals surface area contributed by atoms with Gasteiger partial charge < -0.3 is 0 Å². The number of benzene rings is 1. The fraction of sp³-hybridized carbons (Fsp3) is 0. The van der Waals surface area contributed by atoms with Crippen molar-refractivity contribution in [3.8, 4) is 0 Å². The van der Waals surface area contributed by atoms with Crippen LogP contribution in [0.25, 0.3) is 0 Å². The predicted molar refractivity (Wildman–Crippen MR) is 38.8 cm³/mol. The summed E-state index contributed by atoms with van der Waals surface area (Å²) in [5, 5.41) is 8.48. The van der Waals surface area contributed by atoms with Gasteiger partial charge in [-0.25, -0.2) is 0 Å². The Bertz CT molecular complexity index is 240. The van der Waals surface area contributed by atoms with E-state index in [0.717, 1.165) is 3.58 Å². The summed E-state index contributed by atoms with van der Waals surface area (Å²) in [5.74, 6) is -0.865. The van der Waals surface area contributed by atoms with Gasteiger partial charge in [0.25, 0.3) is 0 Å². The van der Waals surface area contributed by atoms with Gasteiger partial charge >= 0.3 is 71.8 Å². The molecule has 0 spiro atoms. The molecule has 2 nitrogen and oxygen atoms in total. The van der Waals surface area contributed by atoms with E-state index < -0.39 is 5.97 Å². The number of carbonyl (C=O) groups is 1. The van der Waals surface area contributed by atoms with Crippen LogP contribution in [-0.4, -0.2) is 33.6 Å². The van der Waals surface area contributed by atoms with Crippen LogP contribution in [0.3, 0.4) is 0 Å². The summed E-state index contributed by atoms with van der Waals surface area (Å²) < 4.78 is 1.16. The first-order valence-corrected chi connectivity index (χ1v) is 4.18. The average molecular weight is 240 g/mol. The second kappa shape index (κ2) is 3.05. The summed E-state index contributed by atoms with van der Waals surface area (Å²) in [7, 11) is 0. The minimum atomic E-state index is -0.865. The average Bonchev–Trinajstić information content (AvgIpc) is 1.88. The van der Waals surface area contributed by atoms with E-state index in [4.69, 9.17) is 5.11 Å². The van der Waals surface area contributed by atoms with Crippen molar-refractivity contribution in [2.24, 2.45) is 0 Å². The van der Waals surface area contributed by atoms with Gasteiger partial charge in [-0.2, -0.15) is 0 Å². The van der Waals surface area contributed by atoms with Crippen molar-refractivity contribution in [2.75, 3.05) is 0 Å². The first kappa shape index (κ1) is 7.59. The zero-order valence-electron chi connectivity index (χ0n) is 5.16. The summed E-state index contributed by atoms with van der Waals surface area (Å²) >= 11 is 1.31. The number of hydrogen-bond acceptors (Lipinski definition) is 1. The van der Waals surface area contributed by atoms with E-state index in [9.17, 15) is 4.79 Å². The molecule has 0 unspecified atom stereocenters. The van der Waals surface area contributed by atoms with Gasteiger partial charge in [0.15, 0.2) is 0 Å². The maximum absolute atomic E-state index is 10.3. The van der Waals surface area contributed by atoms with E-state index >= 15 is 0 Å². The normalized spacial score (nSPS) is 9.30. The van der Waals surface area contributed by atoms with Gasteiger partial charge in [-0.1, -0.05) is 0 Å². The Labute approximate surface area is 72.0 Å². The second-order valence-electron chi connectivity index (χ2n) is 1.88. The summed E-state index contributed by atoms with van der Waals surface area (Å²) in [4.78, 5) is 10.3. The van der Waals surface area contributed by atoms with E-state index in [2.05, 4.69) is 0 Å². The number of hydrogen-bond donors (Lipinski definition) is 1. The molecule has 1 N–H and O–H groups in total. The fourth-order valence-corrected chi connectivity index (χ4v) is 1.09. The van der Waals surface area contributed by atoms with Crippen molar-refractivity contribution in [2.45, 2.75) is 0 Å². The van der Waals surface area contributed by atoms with Crippen LogP contribution in [0.2, 0.25) is 0 Å². The summed E-state index contributed by atoms with van der Waals surface area (Å²) in [6, 6.07) is 6.88. The number of carboxylic acids is 1. The van der Waals surface area contributed by atoms with Gasteiger partial charge in [-0.15, -0.1) is 0 Å². The van der Waals surface area contributed by atoms with Crippen molar-refractivity contribution in [1.29, 1.82) is 0 Å². The van der Waals surface area contributed by atoms with Crippen LogP contribution in [0.15, 0.2) is 24.3 Å². The molecular formula is C7H5O2Sn. The first-order chi connectivity index (χ1) is 4.70. The molecule has 0 bridgehead atoms. The van der Waals surface area contributed by atoms with Gasteiger partial charge in [0, 0.05) is 0 Å². The Morgan fingerprint density at radius 3 is 2.20 bits per heavy atom. The molecule has 49 valence electrons. The molecule has 0 amide bonds. The number of carboxylic acid groups (broad SMARTS) is 1. The van der Waals surface area contributed by atoms with Crippen molar-refractivity contribution in [1.82, 2.24) is 0 Å². The zero-order valence-corrected chi connectivity index (χ0v) is 8.02. The van der Waals surface area contributed by atoms with E-state index in [1.165, 1.54) is 22.5 Å². The topological polar surface area (TPSA) is 37.3 Å². The molecule has 1 rings (SSSR count). The molecule has 0 saturated heterocycles. The van der Waals surface area contributed by atoms with Crippen LogP contribution in [-0.2, 0) is 0 Å². The number of aromatic carboxylic acids is 1. The molecule has 0 fully saturated rings. The third-order valence-electron chi connectivity index (χ3n) is 1.13. The van der Waals surface area contributed by atoms with Crippen molar-refractivity contribution < 1.29 is 9.90 Å². The fourth-order valence-electron chi connectivity index (χ4n) is 0.613. The van der Waals surface area contributed by atoms with E-state index in [1.807, 2.05) is 12.1 Å². The standard InChI is InChI=1S/C7H5O2.Sn/c8-7(9)6-4-2-1-3-5-6;/h2-5H,(H,8,9);. The van der Waals surface area contributed by atoms with E-state index in [1.54, 1.807) is 12.1 Å². The van der Waals surface area contributed by atoms with Crippen molar-refractivity contribution in [3.63, 3.8) is 0 Å². The van der Waals surface area contributed by atoms with Crippen LogP contribution in [0.1, 0.15) is 10.4 Å². The quantitative estimate of drug-likeness (QED) is 0.710. The second-order valence-corrected chi connectivity index (χ2v) is 3.53. The molecule has 3 heteroatoms.